The Balaban J connectivity index is 1.67. The van der Waals surface area contributed by atoms with Gasteiger partial charge in [-0.05, 0) is 24.6 Å². The molecule has 2 aromatic rings. The maximum atomic E-state index is 12.7. The Morgan fingerprint density at radius 2 is 1.96 bits per heavy atom. The number of hydrogen-bond donors (Lipinski definition) is 2. The largest absolute Gasteiger partial charge is 0.467 e. The molecule has 0 radical (unpaired) electrons. The first-order valence-corrected chi connectivity index (χ1v) is 7.49. The smallest absolute Gasteiger partial charge is 0.325 e. The number of hydrogen-bond acceptors (Lipinski definition) is 4. The van der Waals surface area contributed by atoms with Crippen molar-refractivity contribution in [3.63, 3.8) is 0 Å². The lowest BCUT2D eigenvalue weighted by Gasteiger charge is -2.22. The molecule has 0 saturated carbocycles. The summed E-state index contributed by atoms with van der Waals surface area (Å²) in [4.78, 5) is 37.7. The molecule has 1 aromatic carbocycles. The minimum Gasteiger partial charge on any atom is -0.467 e. The lowest BCUT2D eigenvalue weighted by molar-refractivity contribution is -0.134. The lowest BCUT2D eigenvalue weighted by Crippen LogP contribution is -2.43. The molecule has 24 heavy (non-hydrogen) atoms. The van der Waals surface area contributed by atoms with Crippen LogP contribution in [0.3, 0.4) is 0 Å². The highest BCUT2D eigenvalue weighted by molar-refractivity contribution is 6.09. The first kappa shape index (κ1) is 15.8. The molecule has 1 unspecified atom stereocenters. The minimum atomic E-state index is -1.17. The van der Waals surface area contributed by atoms with Gasteiger partial charge in [-0.15, -0.1) is 0 Å². The standard InChI is InChI=1S/C17H17N3O4/c1-17(12-6-3-2-4-7-12)15(22)20(16(23)19-17)11-14(21)18-10-13-8-5-9-24-13/h2-9H,10-11H2,1H3,(H,18,21)(H,19,23). The lowest BCUT2D eigenvalue weighted by atomic mass is 9.92. The van der Waals surface area contributed by atoms with Crippen LogP contribution >= 0.6 is 0 Å². The minimum absolute atomic E-state index is 0.200. The molecule has 4 amide bonds. The van der Waals surface area contributed by atoms with Crippen molar-refractivity contribution in [3.8, 4) is 0 Å². The molecule has 1 aliphatic rings. The van der Waals surface area contributed by atoms with Gasteiger partial charge < -0.3 is 15.1 Å². The highest BCUT2D eigenvalue weighted by atomic mass is 16.3. The predicted octanol–water partition coefficient (Wildman–Crippen LogP) is 1.36. The van der Waals surface area contributed by atoms with Gasteiger partial charge in [0.1, 0.15) is 17.8 Å². The number of furan rings is 1. The number of carbonyl (C=O) groups is 3. The van der Waals surface area contributed by atoms with E-state index in [0.717, 1.165) is 4.90 Å². The van der Waals surface area contributed by atoms with Crippen LogP contribution in [0.4, 0.5) is 4.79 Å². The summed E-state index contributed by atoms with van der Waals surface area (Å²) in [6.07, 6.45) is 1.50. The first-order chi connectivity index (χ1) is 11.5. The molecule has 0 aliphatic carbocycles. The molecule has 0 bridgehead atoms. The van der Waals surface area contributed by atoms with Crippen molar-refractivity contribution in [2.45, 2.75) is 19.0 Å². The number of benzene rings is 1. The summed E-state index contributed by atoms with van der Waals surface area (Å²) in [5.41, 5.74) is -0.499. The van der Waals surface area contributed by atoms with E-state index in [1.807, 2.05) is 6.07 Å². The molecule has 1 atom stereocenters. The highest BCUT2D eigenvalue weighted by Gasteiger charge is 2.49. The topological polar surface area (TPSA) is 91.7 Å². The summed E-state index contributed by atoms with van der Waals surface area (Å²) in [5, 5.41) is 5.27. The van der Waals surface area contributed by atoms with E-state index in [9.17, 15) is 14.4 Å². The third kappa shape index (κ3) is 2.88. The van der Waals surface area contributed by atoms with Crippen molar-refractivity contribution in [2.24, 2.45) is 0 Å². The van der Waals surface area contributed by atoms with Crippen molar-refractivity contribution >= 4 is 17.8 Å². The Kier molecular flexibility index (Phi) is 4.07. The van der Waals surface area contributed by atoms with Crippen LogP contribution < -0.4 is 10.6 Å². The fourth-order valence-electron chi connectivity index (χ4n) is 2.61. The van der Waals surface area contributed by atoms with E-state index in [2.05, 4.69) is 10.6 Å². The van der Waals surface area contributed by atoms with Gasteiger partial charge in [-0.1, -0.05) is 30.3 Å². The van der Waals surface area contributed by atoms with E-state index in [-0.39, 0.29) is 13.1 Å². The maximum absolute atomic E-state index is 12.7. The van der Waals surface area contributed by atoms with Crippen LogP contribution in [0.25, 0.3) is 0 Å². The molecule has 1 aromatic heterocycles. The second kappa shape index (κ2) is 6.19. The van der Waals surface area contributed by atoms with Crippen LogP contribution in [0.15, 0.2) is 53.1 Å². The van der Waals surface area contributed by atoms with Crippen LogP contribution in [0.1, 0.15) is 18.2 Å². The van der Waals surface area contributed by atoms with Gasteiger partial charge >= 0.3 is 6.03 Å². The Hall–Kier alpha value is -3.09. The third-order valence-electron chi connectivity index (χ3n) is 3.97. The molecule has 1 saturated heterocycles. The summed E-state index contributed by atoms with van der Waals surface area (Å²) in [6.45, 7) is 1.49. The number of amides is 4. The molecule has 2 heterocycles. The van der Waals surface area contributed by atoms with E-state index >= 15 is 0 Å². The van der Waals surface area contributed by atoms with Gasteiger partial charge in [0, 0.05) is 0 Å². The summed E-state index contributed by atoms with van der Waals surface area (Å²) < 4.78 is 5.11. The number of urea groups is 1. The second-order valence-electron chi connectivity index (χ2n) is 5.67. The van der Waals surface area contributed by atoms with Crippen molar-refractivity contribution in [1.82, 2.24) is 15.5 Å². The molecule has 1 fully saturated rings. The molecular formula is C17H17N3O4. The third-order valence-corrected chi connectivity index (χ3v) is 3.97. The molecule has 7 heteroatoms. The summed E-state index contributed by atoms with van der Waals surface area (Å²) in [5.74, 6) is -0.297. The van der Waals surface area contributed by atoms with Gasteiger partial charge in [0.2, 0.25) is 5.91 Å². The number of nitrogens with one attached hydrogen (secondary N) is 2. The molecule has 7 nitrogen and oxygen atoms in total. The van der Waals surface area contributed by atoms with Crippen LogP contribution in [-0.2, 0) is 21.7 Å². The first-order valence-electron chi connectivity index (χ1n) is 7.49. The fourth-order valence-corrected chi connectivity index (χ4v) is 2.61. The number of rotatable bonds is 5. The van der Waals surface area contributed by atoms with Gasteiger partial charge in [-0.2, -0.15) is 0 Å². The molecule has 1 aliphatic heterocycles. The van der Waals surface area contributed by atoms with Crippen molar-refractivity contribution < 1.29 is 18.8 Å². The monoisotopic (exact) mass is 327 g/mol. The number of nitrogens with zero attached hydrogens (tertiary/aromatic N) is 1. The molecule has 0 spiro atoms. The second-order valence-corrected chi connectivity index (χ2v) is 5.67. The van der Waals surface area contributed by atoms with Gasteiger partial charge in [0.25, 0.3) is 5.91 Å². The summed E-state index contributed by atoms with van der Waals surface area (Å²) in [7, 11) is 0. The van der Waals surface area contributed by atoms with Crippen molar-refractivity contribution in [1.29, 1.82) is 0 Å². The average Bonchev–Trinajstić information content (AvgIpc) is 3.17. The molecule has 2 N–H and O–H groups in total. The SMILES string of the molecule is CC1(c2ccccc2)NC(=O)N(CC(=O)NCc2ccco2)C1=O. The molecule has 3 rings (SSSR count). The Morgan fingerprint density at radius 1 is 1.21 bits per heavy atom. The average molecular weight is 327 g/mol. The number of carbonyl (C=O) groups excluding carboxylic acids is 3. The van der Waals surface area contributed by atoms with Gasteiger partial charge in [-0.3, -0.25) is 14.5 Å². The van der Waals surface area contributed by atoms with Crippen LogP contribution in [0.2, 0.25) is 0 Å². The highest BCUT2D eigenvalue weighted by Crippen LogP contribution is 2.28. The van der Waals surface area contributed by atoms with Gasteiger partial charge in [0.05, 0.1) is 12.8 Å². The van der Waals surface area contributed by atoms with E-state index < -0.39 is 23.4 Å². The van der Waals surface area contributed by atoms with Crippen LogP contribution in [0, 0.1) is 0 Å². The normalized spacial score (nSPS) is 20.1. The van der Waals surface area contributed by atoms with E-state index in [1.165, 1.54) is 6.26 Å². The zero-order chi connectivity index (χ0) is 17.2. The van der Waals surface area contributed by atoms with Crippen molar-refractivity contribution in [2.75, 3.05) is 6.54 Å². The van der Waals surface area contributed by atoms with Crippen LogP contribution in [-0.4, -0.2) is 29.3 Å². The summed E-state index contributed by atoms with van der Waals surface area (Å²) >= 11 is 0. The zero-order valence-corrected chi connectivity index (χ0v) is 13.1. The Labute approximate surface area is 138 Å². The molecule has 124 valence electrons. The quantitative estimate of drug-likeness (QED) is 0.811. The van der Waals surface area contributed by atoms with Crippen molar-refractivity contribution in [3.05, 3.63) is 60.1 Å². The van der Waals surface area contributed by atoms with Crippen LogP contribution in [0.5, 0.6) is 0 Å². The zero-order valence-electron chi connectivity index (χ0n) is 13.1. The van der Waals surface area contributed by atoms with E-state index in [4.69, 9.17) is 4.42 Å². The maximum Gasteiger partial charge on any atom is 0.325 e. The fraction of sp³-hybridized carbons (Fsp3) is 0.235. The summed E-state index contributed by atoms with van der Waals surface area (Å²) in [6, 6.07) is 11.8. The molecular weight excluding hydrogens is 310 g/mol. The number of imide groups is 1. The van der Waals surface area contributed by atoms with Gasteiger partial charge in [-0.25, -0.2) is 4.79 Å². The van der Waals surface area contributed by atoms with E-state index in [0.29, 0.717) is 11.3 Å². The predicted molar refractivity (Wildman–Crippen MR) is 84.6 cm³/mol. The Bertz CT molecular complexity index is 757. The Morgan fingerprint density at radius 3 is 2.62 bits per heavy atom. The van der Waals surface area contributed by atoms with Gasteiger partial charge in [0.15, 0.2) is 0 Å². The van der Waals surface area contributed by atoms with E-state index in [1.54, 1.807) is 43.3 Å².